The second kappa shape index (κ2) is 9.56. The number of para-hydroxylation sites is 1. The molecule has 0 aromatic heterocycles. The average Bonchev–Trinajstić information content (AvgIpc) is 2.78. The van der Waals surface area contributed by atoms with E-state index >= 15 is 0 Å². The monoisotopic (exact) mass is 528 g/mol. The largest absolute Gasteiger partial charge is 0.488 e. The van der Waals surface area contributed by atoms with Crippen molar-refractivity contribution in [3.05, 3.63) is 98.7 Å². The topological polar surface area (TPSA) is 75.7 Å². The van der Waals surface area contributed by atoms with Crippen molar-refractivity contribution in [2.45, 2.75) is 6.61 Å². The summed E-state index contributed by atoms with van der Waals surface area (Å²) < 4.78 is 21.1. The molecular weight excluding hydrogens is 515 g/mol. The Bertz CT molecular complexity index is 1290. The van der Waals surface area contributed by atoms with Crippen LogP contribution in [0.1, 0.15) is 11.1 Å². The van der Waals surface area contributed by atoms with Crippen LogP contribution in [-0.4, -0.2) is 17.8 Å². The first kappa shape index (κ1) is 22.7. The molecule has 0 bridgehead atoms. The number of ether oxygens (including phenoxy) is 1. The van der Waals surface area contributed by atoms with Gasteiger partial charge in [0.05, 0.1) is 5.69 Å². The number of nitrogens with one attached hydrogen (secondary N) is 1. The molecule has 0 saturated carbocycles. The standard InChI is InChI=1S/C24H15BrClFN2O4/c25-16-7-5-14(6-8-16)13-33-21-10-9-17(26)11-15(21)12-18-22(30)28-24(32)29(23(18)31)20-4-2-1-3-19(20)27/h1-12H,13H2,(H,28,30,32)/b18-12-. The van der Waals surface area contributed by atoms with E-state index < -0.39 is 23.7 Å². The quantitative estimate of drug-likeness (QED) is 0.350. The maximum Gasteiger partial charge on any atom is 0.336 e. The number of hydrogen-bond acceptors (Lipinski definition) is 4. The highest BCUT2D eigenvalue weighted by Crippen LogP contribution is 2.29. The summed E-state index contributed by atoms with van der Waals surface area (Å²) in [5, 5.41) is 2.42. The van der Waals surface area contributed by atoms with E-state index in [0.29, 0.717) is 21.2 Å². The van der Waals surface area contributed by atoms with Crippen LogP contribution in [-0.2, 0) is 16.2 Å². The zero-order valence-corrected chi connectivity index (χ0v) is 19.2. The fraction of sp³-hybridized carbons (Fsp3) is 0.0417. The van der Waals surface area contributed by atoms with Crippen LogP contribution in [0.15, 0.2) is 76.8 Å². The van der Waals surface area contributed by atoms with Crippen LogP contribution >= 0.6 is 27.5 Å². The van der Waals surface area contributed by atoms with Gasteiger partial charge in [-0.1, -0.05) is 51.8 Å². The number of carbonyl (C=O) groups excluding carboxylic acids is 3. The highest BCUT2D eigenvalue weighted by Gasteiger charge is 2.38. The summed E-state index contributed by atoms with van der Waals surface area (Å²) in [7, 11) is 0. The number of amides is 4. The number of imide groups is 2. The summed E-state index contributed by atoms with van der Waals surface area (Å²) >= 11 is 9.49. The maximum atomic E-state index is 14.3. The molecule has 4 rings (SSSR count). The zero-order chi connectivity index (χ0) is 23.5. The Hall–Kier alpha value is -3.49. The van der Waals surface area contributed by atoms with E-state index in [1.165, 1.54) is 30.3 Å². The molecule has 1 aliphatic heterocycles. The van der Waals surface area contributed by atoms with E-state index in [1.54, 1.807) is 12.1 Å². The first-order chi connectivity index (χ1) is 15.8. The molecule has 0 spiro atoms. The third kappa shape index (κ3) is 4.97. The van der Waals surface area contributed by atoms with Gasteiger partial charge in [0.25, 0.3) is 11.8 Å². The lowest BCUT2D eigenvalue weighted by atomic mass is 10.1. The van der Waals surface area contributed by atoms with Gasteiger partial charge in [0, 0.05) is 15.1 Å². The number of nitrogens with zero attached hydrogens (tertiary/aromatic N) is 1. The van der Waals surface area contributed by atoms with Crippen LogP contribution in [0, 0.1) is 5.82 Å². The second-order valence-electron chi connectivity index (χ2n) is 7.01. The van der Waals surface area contributed by atoms with E-state index in [2.05, 4.69) is 21.2 Å². The van der Waals surface area contributed by atoms with Crippen molar-refractivity contribution >= 4 is 57.1 Å². The molecule has 33 heavy (non-hydrogen) atoms. The molecule has 4 amide bonds. The third-order valence-electron chi connectivity index (χ3n) is 4.77. The van der Waals surface area contributed by atoms with Crippen LogP contribution in [0.25, 0.3) is 6.08 Å². The van der Waals surface area contributed by atoms with Gasteiger partial charge in [-0.2, -0.15) is 0 Å². The lowest BCUT2D eigenvalue weighted by Crippen LogP contribution is -2.54. The summed E-state index contributed by atoms with van der Waals surface area (Å²) in [5.74, 6) is -2.29. The minimum absolute atomic E-state index is 0.227. The predicted molar refractivity (Wildman–Crippen MR) is 125 cm³/mol. The number of halogens is 3. The minimum Gasteiger partial charge on any atom is -0.488 e. The average molecular weight is 530 g/mol. The summed E-state index contributed by atoms with van der Waals surface area (Å²) in [5.41, 5.74) is 0.611. The van der Waals surface area contributed by atoms with Crippen LogP contribution in [0.4, 0.5) is 14.9 Å². The first-order valence-electron chi connectivity index (χ1n) is 9.66. The molecule has 0 atom stereocenters. The van der Waals surface area contributed by atoms with E-state index in [1.807, 2.05) is 24.3 Å². The molecule has 1 heterocycles. The van der Waals surface area contributed by atoms with Crippen LogP contribution in [0.2, 0.25) is 5.02 Å². The number of anilines is 1. The van der Waals surface area contributed by atoms with E-state index in [-0.39, 0.29) is 17.9 Å². The van der Waals surface area contributed by atoms with E-state index in [9.17, 15) is 18.8 Å². The van der Waals surface area contributed by atoms with Crippen molar-refractivity contribution in [2.75, 3.05) is 4.90 Å². The Labute approximate surface area is 201 Å². The Balaban J connectivity index is 1.68. The van der Waals surface area contributed by atoms with Gasteiger partial charge >= 0.3 is 6.03 Å². The number of benzene rings is 3. The number of urea groups is 1. The van der Waals surface area contributed by atoms with Gasteiger partial charge in [0.1, 0.15) is 23.7 Å². The van der Waals surface area contributed by atoms with Gasteiger partial charge in [-0.3, -0.25) is 14.9 Å². The van der Waals surface area contributed by atoms with Crippen molar-refractivity contribution in [2.24, 2.45) is 0 Å². The van der Waals surface area contributed by atoms with Crippen LogP contribution < -0.4 is 15.0 Å². The van der Waals surface area contributed by atoms with Gasteiger partial charge in [-0.05, 0) is 54.1 Å². The molecule has 1 aliphatic rings. The van der Waals surface area contributed by atoms with E-state index in [0.717, 1.165) is 16.1 Å². The van der Waals surface area contributed by atoms with Crippen molar-refractivity contribution in [3.8, 4) is 5.75 Å². The highest BCUT2D eigenvalue weighted by molar-refractivity contribution is 9.10. The zero-order valence-electron chi connectivity index (χ0n) is 16.8. The summed E-state index contributed by atoms with van der Waals surface area (Å²) in [6.45, 7) is 0.227. The predicted octanol–water partition coefficient (Wildman–Crippen LogP) is 5.49. The van der Waals surface area contributed by atoms with Gasteiger partial charge in [-0.25, -0.2) is 14.1 Å². The number of barbiturate groups is 1. The molecular formula is C24H15BrClFN2O4. The lowest BCUT2D eigenvalue weighted by molar-refractivity contribution is -0.122. The molecule has 3 aromatic carbocycles. The Morgan fingerprint density at radius 1 is 1.03 bits per heavy atom. The molecule has 6 nitrogen and oxygen atoms in total. The molecule has 3 aromatic rings. The maximum absolute atomic E-state index is 14.3. The molecule has 0 aliphatic carbocycles. The van der Waals surface area contributed by atoms with Gasteiger partial charge in [0.2, 0.25) is 0 Å². The smallest absolute Gasteiger partial charge is 0.336 e. The van der Waals surface area contributed by atoms with Crippen molar-refractivity contribution < 1.29 is 23.5 Å². The number of hydrogen-bond donors (Lipinski definition) is 1. The third-order valence-corrected chi connectivity index (χ3v) is 5.54. The normalized spacial score (nSPS) is 15.1. The van der Waals surface area contributed by atoms with Crippen LogP contribution in [0.3, 0.4) is 0 Å². The minimum atomic E-state index is -1.04. The van der Waals surface area contributed by atoms with Crippen molar-refractivity contribution in [3.63, 3.8) is 0 Å². The molecule has 166 valence electrons. The van der Waals surface area contributed by atoms with Gasteiger partial charge < -0.3 is 4.74 Å². The van der Waals surface area contributed by atoms with Gasteiger partial charge in [0.15, 0.2) is 0 Å². The fourth-order valence-electron chi connectivity index (χ4n) is 3.17. The SMILES string of the molecule is O=C1NC(=O)N(c2ccccc2F)C(=O)/C1=C\c1cc(Cl)ccc1OCc1ccc(Br)cc1. The second-order valence-corrected chi connectivity index (χ2v) is 8.36. The van der Waals surface area contributed by atoms with Crippen LogP contribution in [0.5, 0.6) is 5.75 Å². The van der Waals surface area contributed by atoms with Gasteiger partial charge in [-0.15, -0.1) is 0 Å². The van der Waals surface area contributed by atoms with E-state index in [4.69, 9.17) is 16.3 Å². The summed E-state index contributed by atoms with van der Waals surface area (Å²) in [6.07, 6.45) is 1.26. The Morgan fingerprint density at radius 3 is 2.48 bits per heavy atom. The lowest BCUT2D eigenvalue weighted by Gasteiger charge is -2.26. The number of carbonyl (C=O) groups is 3. The van der Waals surface area contributed by atoms with Crippen molar-refractivity contribution in [1.29, 1.82) is 0 Å². The Kier molecular flexibility index (Phi) is 6.57. The fourth-order valence-corrected chi connectivity index (χ4v) is 3.61. The van der Waals surface area contributed by atoms with Crippen molar-refractivity contribution in [1.82, 2.24) is 5.32 Å². The Morgan fingerprint density at radius 2 is 1.76 bits per heavy atom. The first-order valence-corrected chi connectivity index (χ1v) is 10.8. The number of rotatable bonds is 5. The molecule has 1 saturated heterocycles. The molecule has 1 fully saturated rings. The summed E-state index contributed by atoms with van der Waals surface area (Å²) in [4.78, 5) is 38.4. The summed E-state index contributed by atoms with van der Waals surface area (Å²) in [6, 6.07) is 16.5. The highest BCUT2D eigenvalue weighted by atomic mass is 79.9. The molecule has 0 unspecified atom stereocenters. The molecule has 1 N–H and O–H groups in total. The molecule has 9 heteroatoms. The molecule has 0 radical (unpaired) electrons.